The van der Waals surface area contributed by atoms with Crippen molar-refractivity contribution in [2.24, 2.45) is 0 Å². The third-order valence-corrected chi connectivity index (χ3v) is 3.90. The first-order valence-corrected chi connectivity index (χ1v) is 7.03. The smallest absolute Gasteiger partial charge is 0.233 e. The molecule has 0 aliphatic carbocycles. The van der Waals surface area contributed by atoms with E-state index in [1.54, 1.807) is 7.11 Å². The van der Waals surface area contributed by atoms with Crippen LogP contribution in [0.3, 0.4) is 0 Å². The van der Waals surface area contributed by atoms with Crippen LogP contribution in [0.1, 0.15) is 64.9 Å². The lowest BCUT2D eigenvalue weighted by molar-refractivity contribution is 0.373. The Hall–Kier alpha value is -1.12. The molecule has 0 radical (unpaired) electrons. The maximum absolute atomic E-state index is 5.16. The fourth-order valence-corrected chi connectivity index (χ4v) is 2.24. The van der Waals surface area contributed by atoms with E-state index in [0.29, 0.717) is 5.88 Å². The Kier molecular flexibility index (Phi) is 6.10. The van der Waals surface area contributed by atoms with Gasteiger partial charge >= 0.3 is 0 Å². The Morgan fingerprint density at radius 3 is 2.61 bits per heavy atom. The Labute approximate surface area is 111 Å². The van der Waals surface area contributed by atoms with Crippen molar-refractivity contribution in [1.29, 1.82) is 0 Å². The van der Waals surface area contributed by atoms with Crippen LogP contribution in [0, 0.1) is 0 Å². The van der Waals surface area contributed by atoms with Crippen LogP contribution in [0.25, 0.3) is 0 Å². The quantitative estimate of drug-likeness (QED) is 0.651. The third kappa shape index (κ3) is 3.97. The van der Waals surface area contributed by atoms with E-state index in [4.69, 9.17) is 4.74 Å². The number of methoxy groups -OCH3 is 1. The molecule has 3 heteroatoms. The van der Waals surface area contributed by atoms with Gasteiger partial charge in [-0.05, 0) is 23.8 Å². The molecular weight excluding hydrogens is 224 g/mol. The van der Waals surface area contributed by atoms with Crippen molar-refractivity contribution >= 4 is 0 Å². The van der Waals surface area contributed by atoms with Crippen molar-refractivity contribution < 1.29 is 4.74 Å². The summed E-state index contributed by atoms with van der Waals surface area (Å²) in [4.78, 5) is 0. The molecule has 18 heavy (non-hydrogen) atoms. The zero-order valence-electron chi connectivity index (χ0n) is 12.2. The molecule has 1 heterocycles. The summed E-state index contributed by atoms with van der Waals surface area (Å²) in [5.41, 5.74) is 1.44. The van der Waals surface area contributed by atoms with Crippen LogP contribution in [0.4, 0.5) is 0 Å². The van der Waals surface area contributed by atoms with Gasteiger partial charge < -0.3 is 4.74 Å². The molecule has 0 aliphatic rings. The van der Waals surface area contributed by atoms with Gasteiger partial charge in [-0.3, -0.25) is 0 Å². The van der Waals surface area contributed by atoms with Gasteiger partial charge in [0.2, 0.25) is 5.88 Å². The van der Waals surface area contributed by atoms with Gasteiger partial charge in [0, 0.05) is 6.07 Å². The minimum atomic E-state index is 0.191. The molecule has 1 unspecified atom stereocenters. The van der Waals surface area contributed by atoms with Crippen LogP contribution in [0.5, 0.6) is 5.88 Å². The number of hydrogen-bond donors (Lipinski definition) is 0. The van der Waals surface area contributed by atoms with Gasteiger partial charge in [-0.1, -0.05) is 46.5 Å². The summed E-state index contributed by atoms with van der Waals surface area (Å²) in [6, 6.07) is 2.02. The maximum atomic E-state index is 5.16. The summed E-state index contributed by atoms with van der Waals surface area (Å²) in [5, 5.41) is 7.98. The van der Waals surface area contributed by atoms with Gasteiger partial charge in [-0.15, -0.1) is 5.10 Å². The van der Waals surface area contributed by atoms with Crippen molar-refractivity contribution in [2.75, 3.05) is 7.11 Å². The molecule has 1 aromatic heterocycles. The van der Waals surface area contributed by atoms with Crippen molar-refractivity contribution in [3.05, 3.63) is 17.8 Å². The fourth-order valence-electron chi connectivity index (χ4n) is 2.24. The highest BCUT2D eigenvalue weighted by Crippen LogP contribution is 2.33. The van der Waals surface area contributed by atoms with Gasteiger partial charge in [-0.25, -0.2) is 0 Å². The van der Waals surface area contributed by atoms with Crippen LogP contribution in [0.15, 0.2) is 12.3 Å². The molecule has 0 amide bonds. The molecule has 0 saturated carbocycles. The summed E-state index contributed by atoms with van der Waals surface area (Å²) in [6.07, 6.45) is 9.42. The topological polar surface area (TPSA) is 35.0 Å². The minimum absolute atomic E-state index is 0.191. The van der Waals surface area contributed by atoms with Crippen LogP contribution in [-0.2, 0) is 5.41 Å². The van der Waals surface area contributed by atoms with Crippen LogP contribution >= 0.6 is 0 Å². The van der Waals surface area contributed by atoms with E-state index >= 15 is 0 Å². The molecule has 0 aromatic carbocycles. The van der Waals surface area contributed by atoms with Crippen LogP contribution < -0.4 is 4.74 Å². The van der Waals surface area contributed by atoms with E-state index in [1.165, 1.54) is 37.7 Å². The largest absolute Gasteiger partial charge is 0.480 e. The van der Waals surface area contributed by atoms with E-state index in [1.807, 2.05) is 12.3 Å². The lowest BCUT2D eigenvalue weighted by Crippen LogP contribution is -2.21. The number of nitrogens with zero attached hydrogens (tertiary/aromatic N) is 2. The summed E-state index contributed by atoms with van der Waals surface area (Å²) in [5.74, 6) is 0.612. The van der Waals surface area contributed by atoms with E-state index in [-0.39, 0.29) is 5.41 Å². The molecule has 0 spiro atoms. The monoisotopic (exact) mass is 250 g/mol. The summed E-state index contributed by atoms with van der Waals surface area (Å²) < 4.78 is 5.16. The number of aromatic nitrogens is 2. The van der Waals surface area contributed by atoms with Gasteiger partial charge in [0.05, 0.1) is 13.3 Å². The highest BCUT2D eigenvalue weighted by Gasteiger charge is 2.25. The Morgan fingerprint density at radius 1 is 1.22 bits per heavy atom. The molecular formula is C15H26N2O. The molecule has 0 bridgehead atoms. The molecule has 0 fully saturated rings. The number of hydrogen-bond acceptors (Lipinski definition) is 3. The lowest BCUT2D eigenvalue weighted by atomic mass is 9.77. The predicted octanol–water partition coefficient (Wildman–Crippen LogP) is 4.12. The van der Waals surface area contributed by atoms with Crippen molar-refractivity contribution in [3.8, 4) is 5.88 Å². The Morgan fingerprint density at radius 2 is 2.00 bits per heavy atom. The van der Waals surface area contributed by atoms with Gasteiger partial charge in [0.15, 0.2) is 0 Å². The zero-order chi connectivity index (χ0) is 13.4. The normalized spacial score (nSPS) is 14.2. The average Bonchev–Trinajstić information content (AvgIpc) is 2.43. The van der Waals surface area contributed by atoms with Crippen molar-refractivity contribution in [1.82, 2.24) is 10.2 Å². The van der Waals surface area contributed by atoms with E-state index in [0.717, 1.165) is 6.42 Å². The number of ether oxygens (including phenoxy) is 1. The minimum Gasteiger partial charge on any atom is -0.480 e. The second-order valence-corrected chi connectivity index (χ2v) is 5.21. The van der Waals surface area contributed by atoms with Crippen LogP contribution in [-0.4, -0.2) is 17.3 Å². The van der Waals surface area contributed by atoms with Gasteiger partial charge in [0.25, 0.3) is 0 Å². The van der Waals surface area contributed by atoms with Crippen molar-refractivity contribution in [2.45, 2.75) is 64.7 Å². The summed E-state index contributed by atoms with van der Waals surface area (Å²) >= 11 is 0. The summed E-state index contributed by atoms with van der Waals surface area (Å²) in [7, 11) is 1.64. The Bertz CT molecular complexity index is 354. The second kappa shape index (κ2) is 7.34. The Balaban J connectivity index is 2.72. The first-order chi connectivity index (χ1) is 8.66. The first-order valence-electron chi connectivity index (χ1n) is 7.03. The predicted molar refractivity (Wildman–Crippen MR) is 75.0 cm³/mol. The average molecular weight is 250 g/mol. The van der Waals surface area contributed by atoms with Gasteiger partial charge in [-0.2, -0.15) is 5.10 Å². The summed E-state index contributed by atoms with van der Waals surface area (Å²) in [6.45, 7) is 6.80. The third-order valence-electron chi connectivity index (χ3n) is 3.90. The van der Waals surface area contributed by atoms with E-state index < -0.39 is 0 Å². The molecule has 1 atom stereocenters. The first kappa shape index (κ1) is 14.9. The standard InChI is InChI=1S/C15H26N2O/c1-5-7-8-9-10-15(3,6-2)13-11-14(18-4)17-16-12-13/h11-12H,5-10H2,1-4H3. The molecule has 1 rings (SSSR count). The van der Waals surface area contributed by atoms with Crippen LogP contribution in [0.2, 0.25) is 0 Å². The number of unbranched alkanes of at least 4 members (excludes halogenated alkanes) is 3. The van der Waals surface area contributed by atoms with E-state index in [2.05, 4.69) is 31.0 Å². The number of rotatable bonds is 8. The highest BCUT2D eigenvalue weighted by atomic mass is 16.5. The molecule has 1 aromatic rings. The molecule has 0 aliphatic heterocycles. The lowest BCUT2D eigenvalue weighted by Gasteiger charge is -2.28. The molecule has 102 valence electrons. The van der Waals surface area contributed by atoms with Crippen molar-refractivity contribution in [3.63, 3.8) is 0 Å². The SMILES string of the molecule is CCCCCCC(C)(CC)c1cnnc(OC)c1. The van der Waals surface area contributed by atoms with E-state index in [9.17, 15) is 0 Å². The zero-order valence-corrected chi connectivity index (χ0v) is 12.2. The maximum Gasteiger partial charge on any atom is 0.233 e. The molecule has 3 nitrogen and oxygen atoms in total. The molecule has 0 saturated heterocycles. The van der Waals surface area contributed by atoms with Gasteiger partial charge in [0.1, 0.15) is 0 Å². The fraction of sp³-hybridized carbons (Fsp3) is 0.733. The highest BCUT2D eigenvalue weighted by molar-refractivity contribution is 5.25. The molecule has 0 N–H and O–H groups in total. The second-order valence-electron chi connectivity index (χ2n) is 5.21.